The third kappa shape index (κ3) is 3.32. The van der Waals surface area contributed by atoms with Gasteiger partial charge in [0.2, 0.25) is 0 Å². The summed E-state index contributed by atoms with van der Waals surface area (Å²) in [5, 5.41) is 7.88. The van der Waals surface area contributed by atoms with Gasteiger partial charge in [-0.25, -0.2) is 4.98 Å². The molecule has 5 heteroatoms. The quantitative estimate of drug-likeness (QED) is 0.728. The Morgan fingerprint density at radius 2 is 2.11 bits per heavy atom. The SMILES string of the molecule is c1csc(CC(NCc2cnc[nH]2)c2cccs2)c1. The summed E-state index contributed by atoms with van der Waals surface area (Å²) >= 11 is 3.62. The number of thiophene rings is 2. The van der Waals surface area contributed by atoms with Crippen LogP contribution in [0, 0.1) is 0 Å². The molecule has 2 N–H and O–H groups in total. The maximum Gasteiger partial charge on any atom is 0.0922 e. The first kappa shape index (κ1) is 12.6. The molecule has 0 aliphatic heterocycles. The second kappa shape index (κ2) is 6.14. The van der Waals surface area contributed by atoms with E-state index in [0.717, 1.165) is 18.7 Å². The minimum Gasteiger partial charge on any atom is -0.347 e. The highest BCUT2D eigenvalue weighted by Gasteiger charge is 2.13. The van der Waals surface area contributed by atoms with Gasteiger partial charge in [0, 0.05) is 40.7 Å². The van der Waals surface area contributed by atoms with Crippen molar-refractivity contribution in [1.82, 2.24) is 15.3 Å². The molecule has 0 fully saturated rings. The predicted molar refractivity (Wildman–Crippen MR) is 80.5 cm³/mol. The molecule has 0 spiro atoms. The van der Waals surface area contributed by atoms with Crippen LogP contribution < -0.4 is 5.32 Å². The van der Waals surface area contributed by atoms with Gasteiger partial charge in [0.05, 0.1) is 6.33 Å². The molecule has 3 aromatic heterocycles. The fourth-order valence-electron chi connectivity index (χ4n) is 2.01. The van der Waals surface area contributed by atoms with Gasteiger partial charge in [-0.1, -0.05) is 12.1 Å². The molecule has 0 aromatic carbocycles. The van der Waals surface area contributed by atoms with Crippen LogP contribution in [0.4, 0.5) is 0 Å². The van der Waals surface area contributed by atoms with E-state index in [4.69, 9.17) is 0 Å². The molecule has 0 radical (unpaired) electrons. The predicted octanol–water partition coefficient (Wildman–Crippen LogP) is 3.61. The number of hydrogen-bond acceptors (Lipinski definition) is 4. The smallest absolute Gasteiger partial charge is 0.0922 e. The molecule has 0 saturated carbocycles. The van der Waals surface area contributed by atoms with Crippen molar-refractivity contribution >= 4 is 22.7 Å². The average molecular weight is 289 g/mol. The first-order chi connectivity index (χ1) is 9.42. The highest BCUT2D eigenvalue weighted by Crippen LogP contribution is 2.25. The summed E-state index contributed by atoms with van der Waals surface area (Å²) in [6.07, 6.45) is 4.62. The van der Waals surface area contributed by atoms with Crippen LogP contribution in [0.5, 0.6) is 0 Å². The van der Waals surface area contributed by atoms with Crippen molar-refractivity contribution in [2.24, 2.45) is 0 Å². The fraction of sp³-hybridized carbons (Fsp3) is 0.214. The van der Waals surface area contributed by atoms with Gasteiger partial charge in [-0.15, -0.1) is 22.7 Å². The third-order valence-corrected chi connectivity index (χ3v) is 4.85. The van der Waals surface area contributed by atoms with E-state index >= 15 is 0 Å². The molecule has 0 aliphatic rings. The lowest BCUT2D eigenvalue weighted by atomic mass is 10.1. The van der Waals surface area contributed by atoms with Crippen molar-refractivity contribution in [3.8, 4) is 0 Å². The van der Waals surface area contributed by atoms with Gasteiger partial charge < -0.3 is 10.3 Å². The number of H-pyrrole nitrogens is 1. The van der Waals surface area contributed by atoms with E-state index in [1.165, 1.54) is 9.75 Å². The van der Waals surface area contributed by atoms with Gasteiger partial charge in [-0.3, -0.25) is 0 Å². The molecule has 0 saturated heterocycles. The Balaban J connectivity index is 1.69. The minimum atomic E-state index is 0.363. The largest absolute Gasteiger partial charge is 0.347 e. The molecule has 3 nitrogen and oxygen atoms in total. The summed E-state index contributed by atoms with van der Waals surface area (Å²) in [7, 11) is 0. The summed E-state index contributed by atoms with van der Waals surface area (Å²) in [6.45, 7) is 0.813. The zero-order valence-corrected chi connectivity index (χ0v) is 12.0. The van der Waals surface area contributed by atoms with Crippen molar-refractivity contribution < 1.29 is 0 Å². The van der Waals surface area contributed by atoms with Crippen molar-refractivity contribution in [3.05, 3.63) is 63.0 Å². The normalized spacial score (nSPS) is 12.6. The topological polar surface area (TPSA) is 40.7 Å². The van der Waals surface area contributed by atoms with Gasteiger partial charge in [0.25, 0.3) is 0 Å². The molecule has 0 amide bonds. The van der Waals surface area contributed by atoms with Crippen LogP contribution in [0.2, 0.25) is 0 Å². The Kier molecular flexibility index (Phi) is 4.07. The van der Waals surface area contributed by atoms with Crippen LogP contribution in [0.25, 0.3) is 0 Å². The third-order valence-electron chi connectivity index (χ3n) is 2.97. The number of hydrogen-bond donors (Lipinski definition) is 2. The number of rotatable bonds is 6. The molecule has 98 valence electrons. The van der Waals surface area contributed by atoms with Gasteiger partial charge in [0.15, 0.2) is 0 Å². The Bertz CT molecular complexity index is 570. The van der Waals surface area contributed by atoms with E-state index in [-0.39, 0.29) is 0 Å². The van der Waals surface area contributed by atoms with Gasteiger partial charge in [-0.2, -0.15) is 0 Å². The van der Waals surface area contributed by atoms with Gasteiger partial charge in [-0.05, 0) is 22.9 Å². The highest BCUT2D eigenvalue weighted by atomic mass is 32.1. The Labute approximate surface area is 120 Å². The molecule has 19 heavy (non-hydrogen) atoms. The average Bonchev–Trinajstić information content (AvgIpc) is 3.15. The minimum absolute atomic E-state index is 0.363. The lowest BCUT2D eigenvalue weighted by Gasteiger charge is -2.16. The summed E-state index contributed by atoms with van der Waals surface area (Å²) in [6, 6.07) is 8.98. The van der Waals surface area contributed by atoms with Crippen molar-refractivity contribution in [2.75, 3.05) is 0 Å². The van der Waals surface area contributed by atoms with Crippen LogP contribution in [-0.2, 0) is 13.0 Å². The molecular weight excluding hydrogens is 274 g/mol. The van der Waals surface area contributed by atoms with E-state index in [0.29, 0.717) is 6.04 Å². The monoisotopic (exact) mass is 289 g/mol. The van der Waals surface area contributed by atoms with Crippen LogP contribution in [0.3, 0.4) is 0 Å². The van der Waals surface area contributed by atoms with E-state index in [1.54, 1.807) is 17.7 Å². The Morgan fingerprint density at radius 3 is 2.79 bits per heavy atom. The second-order valence-electron chi connectivity index (χ2n) is 4.31. The summed E-state index contributed by atoms with van der Waals surface area (Å²) in [5.74, 6) is 0. The highest BCUT2D eigenvalue weighted by molar-refractivity contribution is 7.10. The zero-order valence-electron chi connectivity index (χ0n) is 10.4. The second-order valence-corrected chi connectivity index (χ2v) is 6.32. The number of imidazole rings is 1. The van der Waals surface area contributed by atoms with Crippen LogP contribution in [-0.4, -0.2) is 9.97 Å². The lowest BCUT2D eigenvalue weighted by molar-refractivity contribution is 0.537. The van der Waals surface area contributed by atoms with Gasteiger partial charge in [0.1, 0.15) is 0 Å². The summed E-state index contributed by atoms with van der Waals surface area (Å²) in [4.78, 5) is 9.97. The van der Waals surface area contributed by atoms with E-state index in [1.807, 2.05) is 17.5 Å². The van der Waals surface area contributed by atoms with E-state index in [2.05, 4.69) is 50.3 Å². The molecule has 3 aromatic rings. The first-order valence-electron chi connectivity index (χ1n) is 6.18. The van der Waals surface area contributed by atoms with Crippen LogP contribution in [0.15, 0.2) is 47.5 Å². The molecule has 0 aliphatic carbocycles. The number of aromatic nitrogens is 2. The van der Waals surface area contributed by atoms with Crippen LogP contribution in [0.1, 0.15) is 21.5 Å². The van der Waals surface area contributed by atoms with E-state index in [9.17, 15) is 0 Å². The van der Waals surface area contributed by atoms with Crippen LogP contribution >= 0.6 is 22.7 Å². The van der Waals surface area contributed by atoms with Crippen molar-refractivity contribution in [1.29, 1.82) is 0 Å². The number of nitrogens with zero attached hydrogens (tertiary/aromatic N) is 1. The summed E-state index contributed by atoms with van der Waals surface area (Å²) < 4.78 is 0. The lowest BCUT2D eigenvalue weighted by Crippen LogP contribution is -2.22. The van der Waals surface area contributed by atoms with Crippen molar-refractivity contribution in [3.63, 3.8) is 0 Å². The van der Waals surface area contributed by atoms with E-state index < -0.39 is 0 Å². The van der Waals surface area contributed by atoms with Gasteiger partial charge >= 0.3 is 0 Å². The molecule has 0 bridgehead atoms. The first-order valence-corrected chi connectivity index (χ1v) is 7.94. The fourth-order valence-corrected chi connectivity index (χ4v) is 3.56. The Morgan fingerprint density at radius 1 is 1.21 bits per heavy atom. The molecular formula is C14H15N3S2. The molecule has 3 rings (SSSR count). The molecule has 1 atom stereocenters. The maximum atomic E-state index is 4.05. The number of nitrogens with one attached hydrogen (secondary N) is 2. The molecule has 1 unspecified atom stereocenters. The molecule has 3 heterocycles. The van der Waals surface area contributed by atoms with Crippen molar-refractivity contribution in [2.45, 2.75) is 19.0 Å². The zero-order chi connectivity index (χ0) is 12.9. The Hall–Kier alpha value is -1.43. The standard InChI is InChI=1S/C14H15N3S2/c1-3-12(18-5-1)7-13(14-4-2-6-19-14)16-9-11-8-15-10-17-11/h1-6,8,10,13,16H,7,9H2,(H,15,17). The maximum absolute atomic E-state index is 4.05. The number of aromatic amines is 1. The summed E-state index contributed by atoms with van der Waals surface area (Å²) in [5.41, 5.74) is 1.12.